The zero-order chi connectivity index (χ0) is 17.6. The third-order valence-electron chi connectivity index (χ3n) is 4.80. The van der Waals surface area contributed by atoms with Gasteiger partial charge in [0.25, 0.3) is 0 Å². The maximum atomic E-state index is 12.5. The van der Waals surface area contributed by atoms with Crippen LogP contribution in [-0.4, -0.2) is 47.5 Å². The number of hydrogen-bond donors (Lipinski definition) is 1. The zero-order valence-corrected chi connectivity index (χ0v) is 14.9. The van der Waals surface area contributed by atoms with Gasteiger partial charge in [-0.15, -0.1) is 0 Å². The summed E-state index contributed by atoms with van der Waals surface area (Å²) in [6, 6.07) is 2.29. The van der Waals surface area contributed by atoms with Crippen LogP contribution in [0.25, 0.3) is 0 Å². The first-order valence-electron chi connectivity index (χ1n) is 9.34. The van der Waals surface area contributed by atoms with Crippen LogP contribution in [0.1, 0.15) is 50.2 Å². The molecule has 25 heavy (non-hydrogen) atoms. The average Bonchev–Trinajstić information content (AvgIpc) is 3.45. The predicted molar refractivity (Wildman–Crippen MR) is 95.4 cm³/mol. The first-order chi connectivity index (χ1) is 12.2. The molecule has 0 unspecified atom stereocenters. The molecule has 136 valence electrons. The Balaban J connectivity index is 1.52. The number of nitrogens with zero attached hydrogens (tertiary/aromatic N) is 2. The van der Waals surface area contributed by atoms with Crippen molar-refractivity contribution < 1.29 is 14.3 Å². The highest BCUT2D eigenvalue weighted by molar-refractivity contribution is 5.82. The molecule has 6 nitrogen and oxygen atoms in total. The number of amides is 1. The Kier molecular flexibility index (Phi) is 5.89. The van der Waals surface area contributed by atoms with E-state index in [4.69, 9.17) is 4.74 Å². The third kappa shape index (κ3) is 4.71. The van der Waals surface area contributed by atoms with Crippen molar-refractivity contribution >= 4 is 17.7 Å². The molecule has 0 saturated heterocycles. The Morgan fingerprint density at radius 2 is 2.24 bits per heavy atom. The van der Waals surface area contributed by atoms with Gasteiger partial charge in [-0.2, -0.15) is 0 Å². The first-order valence-corrected chi connectivity index (χ1v) is 9.34. The van der Waals surface area contributed by atoms with Crippen molar-refractivity contribution in [1.82, 2.24) is 9.88 Å². The molecule has 1 aliphatic carbocycles. The highest BCUT2D eigenvalue weighted by Crippen LogP contribution is 2.28. The van der Waals surface area contributed by atoms with Crippen LogP contribution in [0.15, 0.2) is 12.3 Å². The van der Waals surface area contributed by atoms with Gasteiger partial charge in [0.15, 0.2) is 0 Å². The maximum Gasteiger partial charge on any atom is 0.325 e. The van der Waals surface area contributed by atoms with Crippen LogP contribution in [0.2, 0.25) is 0 Å². The van der Waals surface area contributed by atoms with Crippen molar-refractivity contribution in [3.05, 3.63) is 23.4 Å². The summed E-state index contributed by atoms with van der Waals surface area (Å²) in [5.41, 5.74) is 2.58. The number of carbonyl (C=O) groups is 2. The van der Waals surface area contributed by atoms with E-state index in [1.165, 1.54) is 11.1 Å². The van der Waals surface area contributed by atoms with Crippen molar-refractivity contribution in [1.29, 1.82) is 0 Å². The van der Waals surface area contributed by atoms with Gasteiger partial charge in [-0.1, -0.05) is 0 Å². The van der Waals surface area contributed by atoms with E-state index in [0.717, 1.165) is 50.9 Å². The monoisotopic (exact) mass is 345 g/mol. The largest absolute Gasteiger partial charge is 0.465 e. The molecule has 6 heteroatoms. The van der Waals surface area contributed by atoms with E-state index in [9.17, 15) is 9.59 Å². The van der Waals surface area contributed by atoms with E-state index in [1.807, 2.05) is 6.20 Å². The molecule has 1 aromatic rings. The minimum absolute atomic E-state index is 0.0663. The summed E-state index contributed by atoms with van der Waals surface area (Å²) < 4.78 is 4.99. The lowest BCUT2D eigenvalue weighted by Crippen LogP contribution is -2.38. The van der Waals surface area contributed by atoms with E-state index >= 15 is 0 Å². The van der Waals surface area contributed by atoms with Gasteiger partial charge in [0.1, 0.15) is 12.4 Å². The number of nitrogens with one attached hydrogen (secondary N) is 1. The van der Waals surface area contributed by atoms with Crippen LogP contribution in [0.5, 0.6) is 0 Å². The van der Waals surface area contributed by atoms with Crippen molar-refractivity contribution in [2.45, 2.75) is 57.9 Å². The van der Waals surface area contributed by atoms with Crippen molar-refractivity contribution in [3.63, 3.8) is 0 Å². The highest BCUT2D eigenvalue weighted by Gasteiger charge is 2.33. The Morgan fingerprint density at radius 3 is 3.00 bits per heavy atom. The molecule has 1 aliphatic heterocycles. The molecule has 2 aliphatic rings. The lowest BCUT2D eigenvalue weighted by Gasteiger charge is -2.22. The number of pyridine rings is 1. The lowest BCUT2D eigenvalue weighted by atomic mass is 9.97. The molecule has 0 atom stereocenters. The molecule has 3 rings (SSSR count). The van der Waals surface area contributed by atoms with E-state index < -0.39 is 0 Å². The second-order valence-corrected chi connectivity index (χ2v) is 6.74. The maximum absolute atomic E-state index is 12.5. The molecule has 1 N–H and O–H groups in total. The summed E-state index contributed by atoms with van der Waals surface area (Å²) >= 11 is 0. The molecular formula is C19H27N3O3. The minimum atomic E-state index is -0.308. The van der Waals surface area contributed by atoms with E-state index in [2.05, 4.69) is 16.4 Å². The van der Waals surface area contributed by atoms with Crippen molar-refractivity contribution in [2.75, 3.05) is 25.0 Å². The number of esters is 1. The molecule has 1 aromatic heterocycles. The van der Waals surface area contributed by atoms with Crippen LogP contribution in [-0.2, 0) is 27.2 Å². The molecule has 2 heterocycles. The number of fused-ring (bicyclic) bond motifs is 1. The molecule has 1 saturated carbocycles. The molecule has 0 spiro atoms. The van der Waals surface area contributed by atoms with Crippen LogP contribution < -0.4 is 5.32 Å². The number of hydrogen-bond acceptors (Lipinski definition) is 5. The summed E-state index contributed by atoms with van der Waals surface area (Å²) in [6.45, 7) is 3.20. The van der Waals surface area contributed by atoms with Gasteiger partial charge in [-0.25, -0.2) is 4.98 Å². The summed E-state index contributed by atoms with van der Waals surface area (Å²) in [4.78, 5) is 30.4. The molecule has 0 aromatic carbocycles. The molecule has 1 fully saturated rings. The minimum Gasteiger partial charge on any atom is -0.465 e. The smallest absolute Gasteiger partial charge is 0.325 e. The SMILES string of the molecule is CCOC(=O)CN(C(=O)CCCc1ccnc2c1CCCN2)C1CC1. The number of ether oxygens (including phenoxy) is 1. The first kappa shape index (κ1) is 17.7. The molecule has 0 radical (unpaired) electrons. The summed E-state index contributed by atoms with van der Waals surface area (Å²) in [5, 5.41) is 3.34. The number of carbonyl (C=O) groups excluding carboxylic acids is 2. The fourth-order valence-electron chi connectivity index (χ4n) is 3.40. The molecular weight excluding hydrogens is 318 g/mol. The number of aromatic nitrogens is 1. The fourth-order valence-corrected chi connectivity index (χ4v) is 3.40. The van der Waals surface area contributed by atoms with Crippen molar-refractivity contribution in [2.24, 2.45) is 0 Å². The topological polar surface area (TPSA) is 71.5 Å². The predicted octanol–water partition coefficient (Wildman–Crippen LogP) is 2.32. The van der Waals surface area contributed by atoms with Crippen LogP contribution in [0, 0.1) is 0 Å². The van der Waals surface area contributed by atoms with Gasteiger partial charge >= 0.3 is 5.97 Å². The standard InChI is InChI=1S/C19H27N3O3/c1-2-25-18(24)13-22(15-8-9-15)17(23)7-3-5-14-10-12-21-19-16(14)6-4-11-20-19/h10,12,15H,2-9,11,13H2,1H3,(H,20,21). The van der Waals surface area contributed by atoms with Gasteiger partial charge in [0.2, 0.25) is 5.91 Å². The van der Waals surface area contributed by atoms with E-state index in [1.54, 1.807) is 11.8 Å². The van der Waals surface area contributed by atoms with Gasteiger partial charge < -0.3 is 15.0 Å². The number of aryl methyl sites for hydroxylation is 1. The van der Waals surface area contributed by atoms with Gasteiger partial charge in [0, 0.05) is 25.2 Å². The summed E-state index contributed by atoms with van der Waals surface area (Å²) in [6.07, 6.45) is 8.14. The van der Waals surface area contributed by atoms with Gasteiger partial charge in [-0.3, -0.25) is 9.59 Å². The van der Waals surface area contributed by atoms with Crippen LogP contribution >= 0.6 is 0 Å². The second kappa shape index (κ2) is 8.32. The van der Waals surface area contributed by atoms with Gasteiger partial charge in [0.05, 0.1) is 6.61 Å². The Hall–Kier alpha value is -2.11. The summed E-state index contributed by atoms with van der Waals surface area (Å²) in [7, 11) is 0. The molecule has 0 bridgehead atoms. The van der Waals surface area contributed by atoms with E-state index in [-0.39, 0.29) is 24.5 Å². The fraction of sp³-hybridized carbons (Fsp3) is 0.632. The number of rotatable bonds is 8. The Bertz CT molecular complexity index is 628. The van der Waals surface area contributed by atoms with Gasteiger partial charge in [-0.05, 0) is 62.6 Å². The highest BCUT2D eigenvalue weighted by atomic mass is 16.5. The third-order valence-corrected chi connectivity index (χ3v) is 4.80. The Labute approximate surface area is 148 Å². The van der Waals surface area contributed by atoms with E-state index in [0.29, 0.717) is 13.0 Å². The zero-order valence-electron chi connectivity index (χ0n) is 14.9. The normalized spacial score (nSPS) is 15.9. The second-order valence-electron chi connectivity index (χ2n) is 6.74. The Morgan fingerprint density at radius 1 is 1.40 bits per heavy atom. The lowest BCUT2D eigenvalue weighted by molar-refractivity contribution is -0.149. The van der Waals surface area contributed by atoms with Crippen molar-refractivity contribution in [3.8, 4) is 0 Å². The van der Waals surface area contributed by atoms with Crippen LogP contribution in [0.4, 0.5) is 5.82 Å². The average molecular weight is 345 g/mol. The molecule has 1 amide bonds. The quantitative estimate of drug-likeness (QED) is 0.732. The summed E-state index contributed by atoms with van der Waals surface area (Å²) in [5.74, 6) is 0.755. The number of anilines is 1. The van der Waals surface area contributed by atoms with Crippen LogP contribution in [0.3, 0.4) is 0 Å².